The monoisotopic (exact) mass is 719 g/mol. The molecule has 9 aromatic carbocycles. The van der Waals surface area contributed by atoms with Crippen LogP contribution in [0.15, 0.2) is 205 Å². The lowest BCUT2D eigenvalue weighted by atomic mass is 9.93. The second-order valence-corrected chi connectivity index (χ2v) is 15.1. The third kappa shape index (κ3) is 5.16. The summed E-state index contributed by atoms with van der Waals surface area (Å²) in [7, 11) is 0. The molecule has 0 fully saturated rings. The lowest BCUT2D eigenvalue weighted by molar-refractivity contribution is 0.672. The summed E-state index contributed by atoms with van der Waals surface area (Å²) >= 11 is 1.88. The van der Waals surface area contributed by atoms with E-state index in [1.807, 2.05) is 11.3 Å². The van der Waals surface area contributed by atoms with Gasteiger partial charge in [0.25, 0.3) is 0 Å². The zero-order valence-electron chi connectivity index (χ0n) is 29.8. The van der Waals surface area contributed by atoms with Crippen LogP contribution in [0, 0.1) is 0 Å². The summed E-state index contributed by atoms with van der Waals surface area (Å²) in [5.74, 6) is 0. The van der Waals surface area contributed by atoms with Crippen molar-refractivity contribution >= 4 is 81.3 Å². The van der Waals surface area contributed by atoms with Crippen LogP contribution in [0.1, 0.15) is 0 Å². The molecule has 3 heteroatoms. The average Bonchev–Trinajstić information content (AvgIpc) is 3.84. The van der Waals surface area contributed by atoms with Crippen LogP contribution in [-0.4, -0.2) is 0 Å². The Kier molecular flexibility index (Phi) is 7.39. The number of benzene rings is 9. The summed E-state index contributed by atoms with van der Waals surface area (Å²) in [6.45, 7) is 0. The van der Waals surface area contributed by atoms with Crippen LogP contribution < -0.4 is 4.90 Å². The minimum atomic E-state index is 0.865. The summed E-state index contributed by atoms with van der Waals surface area (Å²) in [5, 5.41) is 7.08. The summed E-state index contributed by atoms with van der Waals surface area (Å²) in [6, 6.07) is 71.9. The first-order valence-electron chi connectivity index (χ1n) is 18.7. The van der Waals surface area contributed by atoms with E-state index in [1.54, 1.807) is 0 Å². The van der Waals surface area contributed by atoms with Crippen molar-refractivity contribution in [2.45, 2.75) is 0 Å². The van der Waals surface area contributed by atoms with Gasteiger partial charge in [-0.25, -0.2) is 0 Å². The molecule has 0 saturated carbocycles. The maximum atomic E-state index is 6.87. The van der Waals surface area contributed by atoms with E-state index in [-0.39, 0.29) is 0 Å². The first kappa shape index (κ1) is 31.6. The smallest absolute Gasteiger partial charge is 0.143 e. The molecule has 2 nitrogen and oxygen atoms in total. The molecule has 0 bridgehead atoms. The fraction of sp³-hybridized carbons (Fsp3) is 0. The molecule has 0 radical (unpaired) electrons. The Hall–Kier alpha value is -6.94. The molecule has 0 atom stereocenters. The van der Waals surface area contributed by atoms with E-state index in [1.165, 1.54) is 58.9 Å². The molecule has 0 N–H and O–H groups in total. The average molecular weight is 720 g/mol. The predicted octanol–water partition coefficient (Wildman–Crippen LogP) is 15.6. The molecule has 0 amide bonds. The van der Waals surface area contributed by atoms with E-state index in [4.69, 9.17) is 4.42 Å². The highest BCUT2D eigenvalue weighted by Crippen LogP contribution is 2.49. The molecule has 258 valence electrons. The fourth-order valence-corrected chi connectivity index (χ4v) is 9.65. The van der Waals surface area contributed by atoms with Crippen molar-refractivity contribution in [2.24, 2.45) is 0 Å². The minimum absolute atomic E-state index is 0.865. The van der Waals surface area contributed by atoms with Crippen LogP contribution in [-0.2, 0) is 0 Å². The van der Waals surface area contributed by atoms with Gasteiger partial charge in [0.1, 0.15) is 11.2 Å². The molecule has 0 spiro atoms. The van der Waals surface area contributed by atoms with Gasteiger partial charge in [0.05, 0.1) is 11.1 Å². The number of thiophene rings is 1. The van der Waals surface area contributed by atoms with E-state index >= 15 is 0 Å². The minimum Gasteiger partial charge on any atom is -0.455 e. The Morgan fingerprint density at radius 2 is 0.982 bits per heavy atom. The van der Waals surface area contributed by atoms with Gasteiger partial charge >= 0.3 is 0 Å². The van der Waals surface area contributed by atoms with Crippen molar-refractivity contribution in [3.05, 3.63) is 200 Å². The van der Waals surface area contributed by atoms with Crippen molar-refractivity contribution in [3.8, 4) is 33.4 Å². The fourth-order valence-electron chi connectivity index (χ4n) is 8.39. The Labute approximate surface area is 322 Å². The van der Waals surface area contributed by atoms with Crippen molar-refractivity contribution in [3.63, 3.8) is 0 Å². The number of fused-ring (bicyclic) bond motifs is 8. The Balaban J connectivity index is 1.16. The number of anilines is 3. The van der Waals surface area contributed by atoms with E-state index in [2.05, 4.69) is 205 Å². The van der Waals surface area contributed by atoms with E-state index in [9.17, 15) is 0 Å². The number of rotatable bonds is 6. The van der Waals surface area contributed by atoms with Crippen LogP contribution >= 0.6 is 11.3 Å². The van der Waals surface area contributed by atoms with Gasteiger partial charge in [-0.2, -0.15) is 0 Å². The lowest BCUT2D eigenvalue weighted by Crippen LogP contribution is -2.10. The zero-order chi connectivity index (χ0) is 36.3. The third-order valence-electron chi connectivity index (χ3n) is 10.9. The molecule has 0 saturated heterocycles. The Bertz CT molecular complexity index is 3180. The second kappa shape index (κ2) is 12.9. The topological polar surface area (TPSA) is 16.4 Å². The van der Waals surface area contributed by atoms with Gasteiger partial charge < -0.3 is 9.32 Å². The standard InChI is InChI=1S/C52H33NOS/c1-4-15-34(16-5-1)35-29-31-38(32-30-35)53(37-19-8-3-9-20-37)46-26-14-27-47-50(46)45-33-44(40-21-10-11-22-41(40)51(45)54-47)42-24-12-25-43-49-39(36-17-6-2-7-18-36)23-13-28-48(49)55-52(42)43/h1-33H. The van der Waals surface area contributed by atoms with Crippen LogP contribution in [0.25, 0.3) is 86.3 Å². The summed E-state index contributed by atoms with van der Waals surface area (Å²) in [6.07, 6.45) is 0. The molecule has 2 heterocycles. The maximum Gasteiger partial charge on any atom is 0.143 e. The number of hydrogen-bond acceptors (Lipinski definition) is 3. The largest absolute Gasteiger partial charge is 0.455 e. The Morgan fingerprint density at radius 1 is 0.382 bits per heavy atom. The molecule has 0 unspecified atom stereocenters. The highest BCUT2D eigenvalue weighted by molar-refractivity contribution is 7.26. The SMILES string of the molecule is c1ccc(-c2ccc(N(c3ccccc3)c3cccc4oc5c6ccccc6c(-c6cccc7c6sc6cccc(-c8ccccc8)c67)cc5c34)cc2)cc1. The molecule has 0 aliphatic heterocycles. The normalized spacial score (nSPS) is 11.6. The van der Waals surface area contributed by atoms with Crippen LogP contribution in [0.2, 0.25) is 0 Å². The van der Waals surface area contributed by atoms with Gasteiger partial charge in [-0.1, -0.05) is 152 Å². The third-order valence-corrected chi connectivity index (χ3v) is 12.1. The van der Waals surface area contributed by atoms with Crippen molar-refractivity contribution < 1.29 is 4.42 Å². The lowest BCUT2D eigenvalue weighted by Gasteiger charge is -2.26. The van der Waals surface area contributed by atoms with Gasteiger partial charge in [0.15, 0.2) is 0 Å². The quantitative estimate of drug-likeness (QED) is 0.170. The number of nitrogens with zero attached hydrogens (tertiary/aromatic N) is 1. The van der Waals surface area contributed by atoms with Crippen molar-refractivity contribution in [1.82, 2.24) is 0 Å². The van der Waals surface area contributed by atoms with Gasteiger partial charge in [-0.05, 0) is 81.7 Å². The summed E-state index contributed by atoms with van der Waals surface area (Å²) in [5.41, 5.74) is 12.3. The van der Waals surface area contributed by atoms with Crippen LogP contribution in [0.5, 0.6) is 0 Å². The second-order valence-electron chi connectivity index (χ2n) is 14.0. The molecule has 0 aliphatic rings. The first-order valence-corrected chi connectivity index (χ1v) is 19.5. The molecular weight excluding hydrogens is 687 g/mol. The van der Waals surface area contributed by atoms with Crippen molar-refractivity contribution in [2.75, 3.05) is 4.90 Å². The first-order chi connectivity index (χ1) is 27.3. The van der Waals surface area contributed by atoms with Crippen molar-refractivity contribution in [1.29, 1.82) is 0 Å². The number of hydrogen-bond donors (Lipinski definition) is 0. The Morgan fingerprint density at radius 3 is 1.76 bits per heavy atom. The van der Waals surface area contributed by atoms with Crippen LogP contribution in [0.4, 0.5) is 17.1 Å². The molecule has 55 heavy (non-hydrogen) atoms. The van der Waals surface area contributed by atoms with Gasteiger partial charge in [-0.15, -0.1) is 11.3 Å². The van der Waals surface area contributed by atoms with E-state index in [0.717, 1.165) is 44.4 Å². The zero-order valence-corrected chi connectivity index (χ0v) is 30.6. The molecule has 2 aromatic heterocycles. The van der Waals surface area contributed by atoms with Gasteiger partial charge in [0, 0.05) is 47.9 Å². The van der Waals surface area contributed by atoms with E-state index in [0.29, 0.717) is 0 Å². The highest BCUT2D eigenvalue weighted by Gasteiger charge is 2.23. The summed E-state index contributed by atoms with van der Waals surface area (Å²) in [4.78, 5) is 2.36. The van der Waals surface area contributed by atoms with Gasteiger partial charge in [0.2, 0.25) is 0 Å². The molecule has 0 aliphatic carbocycles. The summed E-state index contributed by atoms with van der Waals surface area (Å²) < 4.78 is 9.46. The molecule has 11 rings (SSSR count). The number of furan rings is 1. The number of para-hydroxylation sites is 1. The predicted molar refractivity (Wildman–Crippen MR) is 235 cm³/mol. The van der Waals surface area contributed by atoms with Crippen LogP contribution in [0.3, 0.4) is 0 Å². The highest BCUT2D eigenvalue weighted by atomic mass is 32.1. The molecule has 11 aromatic rings. The maximum absolute atomic E-state index is 6.87. The van der Waals surface area contributed by atoms with E-state index < -0.39 is 0 Å². The van der Waals surface area contributed by atoms with Gasteiger partial charge in [-0.3, -0.25) is 0 Å². The molecular formula is C52H33NOS.